The molecule has 4 rings (SSSR count). The van der Waals surface area contributed by atoms with Gasteiger partial charge in [0.2, 0.25) is 0 Å². The fraction of sp³-hybridized carbons (Fsp3) is 0.333. The molecule has 1 fully saturated rings. The molecule has 0 unspecified atom stereocenters. The van der Waals surface area contributed by atoms with Crippen LogP contribution in [0.15, 0.2) is 42.7 Å². The van der Waals surface area contributed by atoms with Gasteiger partial charge in [0.25, 0.3) is 5.91 Å². The van der Waals surface area contributed by atoms with E-state index in [1.807, 2.05) is 0 Å². The predicted molar refractivity (Wildman–Crippen MR) is 129 cm³/mol. The van der Waals surface area contributed by atoms with Crippen molar-refractivity contribution < 1.29 is 27.1 Å². The molecule has 12 heteroatoms. The third-order valence-corrected chi connectivity index (χ3v) is 5.71. The Morgan fingerprint density at radius 1 is 1.19 bits per heavy atom. The van der Waals surface area contributed by atoms with Crippen molar-refractivity contribution in [3.05, 3.63) is 70.4 Å². The van der Waals surface area contributed by atoms with E-state index < -0.39 is 23.5 Å². The van der Waals surface area contributed by atoms with Crippen LogP contribution in [0.2, 0.25) is 5.02 Å². The van der Waals surface area contributed by atoms with Crippen molar-refractivity contribution in [2.75, 3.05) is 25.6 Å². The van der Waals surface area contributed by atoms with Gasteiger partial charge in [-0.25, -0.2) is 9.37 Å². The number of halogens is 5. The van der Waals surface area contributed by atoms with Crippen molar-refractivity contribution in [3.63, 3.8) is 0 Å². The molecule has 5 N–H and O–H groups in total. The molecule has 36 heavy (non-hydrogen) atoms. The molecule has 0 atom stereocenters. The number of nitrogens with one attached hydrogen (secondary N) is 3. The highest BCUT2D eigenvalue weighted by molar-refractivity contribution is 6.33. The summed E-state index contributed by atoms with van der Waals surface area (Å²) < 4.78 is 57.6. The van der Waals surface area contributed by atoms with Crippen molar-refractivity contribution in [1.82, 2.24) is 15.3 Å². The zero-order valence-electron chi connectivity index (χ0n) is 19.4. The largest absolute Gasteiger partial charge is 0.416 e. The third kappa shape index (κ3) is 7.19. The average molecular weight is 528 g/mol. The predicted octanol–water partition coefficient (Wildman–Crippen LogP) is 4.98. The molecule has 0 radical (unpaired) electrons. The Labute approximate surface area is 210 Å². The first-order valence-corrected chi connectivity index (χ1v) is 11.5. The lowest BCUT2D eigenvalue weighted by atomic mass is 10.1. The van der Waals surface area contributed by atoms with E-state index in [0.29, 0.717) is 41.2 Å². The number of pyridine rings is 1. The third-order valence-electron chi connectivity index (χ3n) is 5.41. The Morgan fingerprint density at radius 3 is 2.61 bits per heavy atom. The van der Waals surface area contributed by atoms with Gasteiger partial charge in [-0.3, -0.25) is 4.79 Å². The first kappa shape index (κ1) is 27.4. The first-order valence-electron chi connectivity index (χ1n) is 11.1. The van der Waals surface area contributed by atoms with Gasteiger partial charge in [0.1, 0.15) is 17.3 Å². The fourth-order valence-corrected chi connectivity index (χ4v) is 3.88. The highest BCUT2D eigenvalue weighted by Gasteiger charge is 2.31. The molecule has 1 amide bonds. The highest BCUT2D eigenvalue weighted by atomic mass is 35.5. The van der Waals surface area contributed by atoms with Crippen LogP contribution in [-0.2, 0) is 17.5 Å². The van der Waals surface area contributed by atoms with Gasteiger partial charge in [-0.05, 0) is 55.8 Å². The van der Waals surface area contributed by atoms with Crippen LogP contribution in [0.4, 0.5) is 23.4 Å². The average Bonchev–Trinajstić information content (AvgIpc) is 3.35. The number of anilines is 1. The second kappa shape index (κ2) is 12.2. The second-order valence-electron chi connectivity index (χ2n) is 7.91. The number of nitrogens with two attached hydrogens (primary N) is 1. The molecule has 1 aromatic carbocycles. The Kier molecular flexibility index (Phi) is 9.30. The van der Waals surface area contributed by atoms with E-state index in [4.69, 9.17) is 16.3 Å². The summed E-state index contributed by atoms with van der Waals surface area (Å²) in [6.45, 7) is 1.09. The Bertz CT molecular complexity index is 1180. The van der Waals surface area contributed by atoms with Crippen molar-refractivity contribution >= 4 is 23.3 Å². The topological polar surface area (TPSA) is 105 Å². The van der Waals surface area contributed by atoms with Gasteiger partial charge < -0.3 is 26.1 Å². The quantitative estimate of drug-likeness (QED) is 0.338. The smallest absolute Gasteiger partial charge is 0.381 e. The van der Waals surface area contributed by atoms with Crippen LogP contribution in [0.5, 0.6) is 0 Å². The van der Waals surface area contributed by atoms with E-state index in [0.717, 1.165) is 25.0 Å². The van der Waals surface area contributed by atoms with Crippen molar-refractivity contribution in [2.45, 2.75) is 31.6 Å². The number of nitrogens with zero attached hydrogens (tertiary/aromatic N) is 1. The normalized spacial score (nSPS) is 14.1. The van der Waals surface area contributed by atoms with Crippen LogP contribution in [0, 0.1) is 5.82 Å². The summed E-state index contributed by atoms with van der Waals surface area (Å²) in [6.07, 6.45) is 0.164. The van der Waals surface area contributed by atoms with Gasteiger partial charge >= 0.3 is 6.18 Å². The van der Waals surface area contributed by atoms with Gasteiger partial charge in [-0.2, -0.15) is 13.2 Å². The van der Waals surface area contributed by atoms with E-state index in [9.17, 15) is 22.4 Å². The summed E-state index contributed by atoms with van der Waals surface area (Å²) in [5.74, 6) is -0.946. The molecule has 0 spiro atoms. The molecular formula is C24H26ClF4N5O2. The molecule has 0 saturated carbocycles. The summed E-state index contributed by atoms with van der Waals surface area (Å²) in [5, 5.41) is 6.24. The number of aromatic amines is 1. The van der Waals surface area contributed by atoms with E-state index >= 15 is 0 Å². The molecule has 2 aromatic heterocycles. The van der Waals surface area contributed by atoms with Crippen LogP contribution < -0.4 is 16.4 Å². The Balaban J connectivity index is 0.00000176. The van der Waals surface area contributed by atoms with E-state index in [1.54, 1.807) is 18.3 Å². The number of ether oxygens (including phenoxy) is 1. The maximum absolute atomic E-state index is 13.6. The molecule has 3 aromatic rings. The van der Waals surface area contributed by atoms with Gasteiger partial charge in [-0.1, -0.05) is 11.6 Å². The lowest BCUT2D eigenvalue weighted by molar-refractivity contribution is -0.137. The Hall–Kier alpha value is -3.15. The number of hydrogen-bond acceptors (Lipinski definition) is 5. The van der Waals surface area contributed by atoms with Crippen LogP contribution in [-0.4, -0.2) is 42.2 Å². The number of benzene rings is 1. The van der Waals surface area contributed by atoms with Gasteiger partial charge in [0.05, 0.1) is 10.6 Å². The molecule has 7 nitrogen and oxygen atoms in total. The van der Waals surface area contributed by atoms with Crippen molar-refractivity contribution in [1.29, 1.82) is 0 Å². The number of hydrogen-bond donors (Lipinski definition) is 4. The monoisotopic (exact) mass is 527 g/mol. The summed E-state index contributed by atoms with van der Waals surface area (Å²) in [5.41, 5.74) is 4.85. The SMILES string of the molecule is CN.O=C(NCc1cc(F)cc(C(F)(F)F)c1)c1cc(-c2cc(NC3CCOCC3)ncc2Cl)c[nH]1. The second-order valence-corrected chi connectivity index (χ2v) is 8.32. The molecule has 0 aliphatic carbocycles. The first-order chi connectivity index (χ1) is 17.2. The molecule has 3 heterocycles. The molecule has 1 aliphatic heterocycles. The number of alkyl halides is 3. The minimum absolute atomic E-state index is 0.00605. The maximum atomic E-state index is 13.6. The number of carbonyl (C=O) groups is 1. The van der Waals surface area contributed by atoms with E-state index in [1.165, 1.54) is 13.2 Å². The van der Waals surface area contributed by atoms with E-state index in [2.05, 4.69) is 26.3 Å². The summed E-state index contributed by atoms with van der Waals surface area (Å²) in [6, 6.07) is 5.75. The van der Waals surface area contributed by atoms with Gasteiger partial charge in [0.15, 0.2) is 0 Å². The van der Waals surface area contributed by atoms with Crippen LogP contribution in [0.1, 0.15) is 34.5 Å². The number of carbonyl (C=O) groups excluding carboxylic acids is 1. The lowest BCUT2D eigenvalue weighted by Crippen LogP contribution is -2.28. The van der Waals surface area contributed by atoms with Crippen LogP contribution in [0.25, 0.3) is 11.1 Å². The Morgan fingerprint density at radius 2 is 1.92 bits per heavy atom. The summed E-state index contributed by atoms with van der Waals surface area (Å²) in [7, 11) is 1.50. The lowest BCUT2D eigenvalue weighted by Gasteiger charge is -2.23. The maximum Gasteiger partial charge on any atom is 0.416 e. The molecule has 1 saturated heterocycles. The standard InChI is InChI=1S/C23H21ClF4N4O2.CH5N/c24-19-12-30-21(32-17-1-3-34-4-2-17)9-18(19)14-7-20(29-11-14)22(33)31-10-13-5-15(23(26,27)28)8-16(25)6-13;1-2/h5-9,11-12,17,29H,1-4,10H2,(H,30,32)(H,31,33);2H2,1H3. The highest BCUT2D eigenvalue weighted by Crippen LogP contribution is 2.31. The molecule has 0 bridgehead atoms. The summed E-state index contributed by atoms with van der Waals surface area (Å²) in [4.78, 5) is 19.7. The number of aromatic nitrogens is 2. The fourth-order valence-electron chi connectivity index (χ4n) is 3.66. The zero-order valence-corrected chi connectivity index (χ0v) is 20.1. The molecular weight excluding hydrogens is 502 g/mol. The summed E-state index contributed by atoms with van der Waals surface area (Å²) >= 11 is 6.32. The van der Waals surface area contributed by atoms with Crippen LogP contribution >= 0.6 is 11.6 Å². The molecule has 194 valence electrons. The number of H-pyrrole nitrogens is 1. The van der Waals surface area contributed by atoms with Gasteiger partial charge in [-0.15, -0.1) is 0 Å². The van der Waals surface area contributed by atoms with Gasteiger partial charge in [0, 0.05) is 49.3 Å². The number of amides is 1. The zero-order chi connectivity index (χ0) is 26.3. The van der Waals surface area contributed by atoms with Crippen LogP contribution in [0.3, 0.4) is 0 Å². The minimum Gasteiger partial charge on any atom is -0.381 e. The molecule has 1 aliphatic rings. The van der Waals surface area contributed by atoms with Crippen molar-refractivity contribution in [2.24, 2.45) is 5.73 Å². The number of rotatable bonds is 6. The van der Waals surface area contributed by atoms with E-state index in [-0.39, 0.29) is 23.8 Å². The van der Waals surface area contributed by atoms with Crippen molar-refractivity contribution in [3.8, 4) is 11.1 Å². The minimum atomic E-state index is -4.68.